The first kappa shape index (κ1) is 16.5. The summed E-state index contributed by atoms with van der Waals surface area (Å²) in [5.41, 5.74) is -0.367. The van der Waals surface area contributed by atoms with E-state index in [0.717, 1.165) is 12.1 Å². The van der Waals surface area contributed by atoms with E-state index in [-0.39, 0.29) is 0 Å². The largest absolute Gasteiger partial charge is 0.416 e. The molecule has 126 valence electrons. The number of benzene rings is 1. The molecule has 23 heavy (non-hydrogen) atoms. The van der Waals surface area contributed by atoms with E-state index < -0.39 is 17.5 Å². The van der Waals surface area contributed by atoms with Crippen molar-refractivity contribution in [3.8, 4) is 0 Å². The molecule has 0 radical (unpaired) electrons. The molecule has 2 aliphatic heterocycles. The molecule has 2 saturated heterocycles. The lowest BCUT2D eigenvalue weighted by molar-refractivity contribution is -0.180. The Bertz CT molecular complexity index is 578. The number of nitrogens with zero attached hydrogens (tertiary/aromatic N) is 1. The van der Waals surface area contributed by atoms with Gasteiger partial charge in [-0.25, -0.2) is 0 Å². The van der Waals surface area contributed by atoms with E-state index in [9.17, 15) is 13.2 Å². The minimum atomic E-state index is -4.37. The quantitative estimate of drug-likeness (QED) is 0.790. The second-order valence-electron chi connectivity index (χ2n) is 5.60. The van der Waals surface area contributed by atoms with Crippen molar-refractivity contribution in [2.45, 2.75) is 24.8 Å². The van der Waals surface area contributed by atoms with Crippen molar-refractivity contribution in [3.05, 3.63) is 29.8 Å². The molecule has 2 fully saturated rings. The maximum atomic E-state index is 12.7. The molecular formula is C15H17F3N2O2S. The lowest BCUT2D eigenvalue weighted by Gasteiger charge is -2.38. The van der Waals surface area contributed by atoms with Crippen LogP contribution in [-0.2, 0) is 15.7 Å². The SMILES string of the molecule is FC(F)(F)c1cccc(NC(=S)N2CCC3(CC2)OCCO3)c1. The average Bonchev–Trinajstić information content (AvgIpc) is 2.95. The van der Waals surface area contributed by atoms with Crippen LogP contribution in [-0.4, -0.2) is 42.1 Å². The van der Waals surface area contributed by atoms with Crippen LogP contribution in [0, 0.1) is 0 Å². The summed E-state index contributed by atoms with van der Waals surface area (Å²) < 4.78 is 49.5. The first-order chi connectivity index (χ1) is 10.9. The molecule has 0 bridgehead atoms. The fourth-order valence-corrected chi connectivity index (χ4v) is 3.11. The van der Waals surface area contributed by atoms with Crippen LogP contribution in [0.15, 0.2) is 24.3 Å². The fourth-order valence-electron chi connectivity index (χ4n) is 2.81. The van der Waals surface area contributed by atoms with Crippen molar-refractivity contribution >= 4 is 23.0 Å². The Labute approximate surface area is 137 Å². The molecule has 8 heteroatoms. The van der Waals surface area contributed by atoms with Crippen LogP contribution in [0.25, 0.3) is 0 Å². The lowest BCUT2D eigenvalue weighted by atomic mass is 10.0. The van der Waals surface area contributed by atoms with Crippen molar-refractivity contribution < 1.29 is 22.6 Å². The van der Waals surface area contributed by atoms with Crippen molar-refractivity contribution in [2.24, 2.45) is 0 Å². The van der Waals surface area contributed by atoms with Gasteiger partial charge in [-0.3, -0.25) is 0 Å². The number of alkyl halides is 3. The minimum absolute atomic E-state index is 0.332. The van der Waals surface area contributed by atoms with Crippen molar-refractivity contribution in [1.29, 1.82) is 0 Å². The Morgan fingerprint density at radius 1 is 1.17 bits per heavy atom. The fraction of sp³-hybridized carbons (Fsp3) is 0.533. The van der Waals surface area contributed by atoms with E-state index in [1.807, 2.05) is 4.90 Å². The normalized spacial score (nSPS) is 20.7. The van der Waals surface area contributed by atoms with Gasteiger partial charge in [-0.2, -0.15) is 13.2 Å². The van der Waals surface area contributed by atoms with Gasteiger partial charge in [0.25, 0.3) is 0 Å². The van der Waals surface area contributed by atoms with E-state index in [4.69, 9.17) is 21.7 Å². The molecule has 1 spiro atoms. The van der Waals surface area contributed by atoms with E-state index in [1.165, 1.54) is 6.07 Å². The highest BCUT2D eigenvalue weighted by molar-refractivity contribution is 7.80. The third kappa shape index (κ3) is 3.76. The molecule has 0 aliphatic carbocycles. The highest BCUT2D eigenvalue weighted by Gasteiger charge is 2.40. The van der Waals surface area contributed by atoms with Crippen LogP contribution < -0.4 is 5.32 Å². The van der Waals surface area contributed by atoms with Gasteiger partial charge in [-0.15, -0.1) is 0 Å². The summed E-state index contributed by atoms with van der Waals surface area (Å²) in [7, 11) is 0. The summed E-state index contributed by atoms with van der Waals surface area (Å²) in [5.74, 6) is -0.498. The number of hydrogen-bond donors (Lipinski definition) is 1. The zero-order valence-corrected chi connectivity index (χ0v) is 13.2. The zero-order chi connectivity index (χ0) is 16.5. The Morgan fingerprint density at radius 3 is 2.43 bits per heavy atom. The molecule has 2 aliphatic rings. The molecule has 2 heterocycles. The van der Waals surface area contributed by atoms with E-state index in [2.05, 4.69) is 5.32 Å². The van der Waals surface area contributed by atoms with Gasteiger partial charge >= 0.3 is 6.18 Å². The summed E-state index contributed by atoms with van der Waals surface area (Å²) in [6.07, 6.45) is -2.98. The summed E-state index contributed by atoms with van der Waals surface area (Å²) in [6, 6.07) is 5.02. The van der Waals surface area contributed by atoms with Crippen LogP contribution in [0.5, 0.6) is 0 Å². The number of ether oxygens (including phenoxy) is 2. The highest BCUT2D eigenvalue weighted by Crippen LogP contribution is 2.32. The summed E-state index contributed by atoms with van der Waals surface area (Å²) in [4.78, 5) is 1.92. The van der Waals surface area contributed by atoms with Crippen molar-refractivity contribution in [3.63, 3.8) is 0 Å². The van der Waals surface area contributed by atoms with Crippen molar-refractivity contribution in [1.82, 2.24) is 4.90 Å². The Hall–Kier alpha value is -1.38. The van der Waals surface area contributed by atoms with E-state index in [1.54, 1.807) is 6.07 Å². The smallest absolute Gasteiger partial charge is 0.349 e. The second kappa shape index (κ2) is 6.26. The van der Waals surface area contributed by atoms with Gasteiger partial charge in [-0.05, 0) is 30.4 Å². The number of piperidine rings is 1. The predicted octanol–water partition coefficient (Wildman–Crippen LogP) is 3.24. The Kier molecular flexibility index (Phi) is 4.48. The van der Waals surface area contributed by atoms with E-state index >= 15 is 0 Å². The number of halogens is 3. The van der Waals surface area contributed by atoms with E-state index in [0.29, 0.717) is 49.9 Å². The third-order valence-electron chi connectivity index (χ3n) is 4.07. The van der Waals surface area contributed by atoms with Crippen LogP contribution >= 0.6 is 12.2 Å². The van der Waals surface area contributed by atoms with Gasteiger partial charge in [0, 0.05) is 31.6 Å². The topological polar surface area (TPSA) is 33.7 Å². The molecule has 0 unspecified atom stereocenters. The molecule has 0 saturated carbocycles. The van der Waals surface area contributed by atoms with Gasteiger partial charge in [0.1, 0.15) is 0 Å². The van der Waals surface area contributed by atoms with Gasteiger partial charge in [0.05, 0.1) is 18.8 Å². The summed E-state index contributed by atoms with van der Waals surface area (Å²) >= 11 is 5.31. The lowest BCUT2D eigenvalue weighted by Crippen LogP contribution is -2.48. The molecule has 1 N–H and O–H groups in total. The molecule has 0 atom stereocenters. The standard InChI is InChI=1S/C15H17F3N2O2S/c16-15(17,18)11-2-1-3-12(10-11)19-13(23)20-6-4-14(5-7-20)21-8-9-22-14/h1-3,10H,4-9H2,(H,19,23). The molecule has 3 rings (SSSR count). The van der Waals surface area contributed by atoms with Crippen molar-refractivity contribution in [2.75, 3.05) is 31.6 Å². The number of likely N-dealkylation sites (tertiary alicyclic amines) is 1. The second-order valence-corrected chi connectivity index (χ2v) is 5.99. The average molecular weight is 346 g/mol. The van der Waals surface area contributed by atoms with Crippen LogP contribution in [0.3, 0.4) is 0 Å². The molecule has 1 aromatic rings. The molecule has 0 amide bonds. The monoisotopic (exact) mass is 346 g/mol. The minimum Gasteiger partial charge on any atom is -0.349 e. The van der Waals surface area contributed by atoms with Crippen LogP contribution in [0.2, 0.25) is 0 Å². The Balaban J connectivity index is 1.60. The zero-order valence-electron chi connectivity index (χ0n) is 12.4. The first-order valence-electron chi connectivity index (χ1n) is 7.39. The molecular weight excluding hydrogens is 329 g/mol. The number of thiocarbonyl (C=S) groups is 1. The predicted molar refractivity (Wildman–Crippen MR) is 83.1 cm³/mol. The highest BCUT2D eigenvalue weighted by atomic mass is 32.1. The van der Waals surface area contributed by atoms with Gasteiger partial charge in [-0.1, -0.05) is 6.07 Å². The maximum absolute atomic E-state index is 12.7. The van der Waals surface area contributed by atoms with Crippen LogP contribution in [0.1, 0.15) is 18.4 Å². The number of nitrogens with one attached hydrogen (secondary N) is 1. The summed E-state index contributed by atoms with van der Waals surface area (Å²) in [5, 5.41) is 3.29. The van der Waals surface area contributed by atoms with Crippen LogP contribution in [0.4, 0.5) is 18.9 Å². The molecule has 0 aromatic heterocycles. The number of hydrogen-bond acceptors (Lipinski definition) is 3. The number of anilines is 1. The number of rotatable bonds is 1. The molecule has 1 aromatic carbocycles. The van der Waals surface area contributed by atoms with Gasteiger partial charge in [0.15, 0.2) is 10.9 Å². The van der Waals surface area contributed by atoms with Gasteiger partial charge in [0.2, 0.25) is 0 Å². The first-order valence-corrected chi connectivity index (χ1v) is 7.80. The summed E-state index contributed by atoms with van der Waals surface area (Å²) in [6.45, 7) is 2.50. The molecule has 4 nitrogen and oxygen atoms in total. The maximum Gasteiger partial charge on any atom is 0.416 e. The third-order valence-corrected chi connectivity index (χ3v) is 4.43. The van der Waals surface area contributed by atoms with Gasteiger partial charge < -0.3 is 19.7 Å². The Morgan fingerprint density at radius 2 is 1.83 bits per heavy atom.